The van der Waals surface area contributed by atoms with Crippen molar-refractivity contribution in [3.63, 3.8) is 0 Å². The summed E-state index contributed by atoms with van der Waals surface area (Å²) in [6, 6.07) is 17.0. The standard InChI is InChI=1S/C18H21ClN2O2/c1-21(2)17(14-7-6-8-15(19)11-14)12-20-18(22)13-23-16-9-4-3-5-10-16/h3-11,17H,12-13H2,1-2H3,(H,20,22). The van der Waals surface area contributed by atoms with E-state index in [0.29, 0.717) is 17.3 Å². The number of halogens is 1. The molecule has 0 aromatic heterocycles. The van der Waals surface area contributed by atoms with Gasteiger partial charge < -0.3 is 15.0 Å². The van der Waals surface area contributed by atoms with Gasteiger partial charge in [0.25, 0.3) is 5.91 Å². The molecular weight excluding hydrogens is 312 g/mol. The summed E-state index contributed by atoms with van der Waals surface area (Å²) < 4.78 is 5.44. The van der Waals surface area contributed by atoms with Gasteiger partial charge in [0.05, 0.1) is 6.04 Å². The fourth-order valence-electron chi connectivity index (χ4n) is 2.24. The van der Waals surface area contributed by atoms with Crippen LogP contribution in [0.2, 0.25) is 5.02 Å². The van der Waals surface area contributed by atoms with Crippen LogP contribution in [0, 0.1) is 0 Å². The van der Waals surface area contributed by atoms with Crippen LogP contribution in [-0.2, 0) is 4.79 Å². The first-order valence-electron chi connectivity index (χ1n) is 7.42. The van der Waals surface area contributed by atoms with E-state index in [-0.39, 0.29) is 18.6 Å². The van der Waals surface area contributed by atoms with E-state index in [1.807, 2.05) is 73.6 Å². The van der Waals surface area contributed by atoms with Crippen molar-refractivity contribution >= 4 is 17.5 Å². The number of rotatable bonds is 7. The molecule has 0 aliphatic rings. The lowest BCUT2D eigenvalue weighted by molar-refractivity contribution is -0.123. The first-order chi connectivity index (χ1) is 11.1. The Balaban J connectivity index is 1.87. The summed E-state index contributed by atoms with van der Waals surface area (Å²) in [7, 11) is 3.94. The molecule has 122 valence electrons. The van der Waals surface area contributed by atoms with Crippen LogP contribution in [-0.4, -0.2) is 38.1 Å². The number of benzene rings is 2. The van der Waals surface area contributed by atoms with Crippen LogP contribution < -0.4 is 10.1 Å². The molecule has 5 heteroatoms. The molecule has 1 amide bonds. The van der Waals surface area contributed by atoms with Gasteiger partial charge in [0.2, 0.25) is 0 Å². The monoisotopic (exact) mass is 332 g/mol. The normalized spacial score (nSPS) is 12.0. The van der Waals surface area contributed by atoms with Gasteiger partial charge in [-0.3, -0.25) is 4.79 Å². The van der Waals surface area contributed by atoms with Crippen LogP contribution in [0.1, 0.15) is 11.6 Å². The Labute approximate surface area is 142 Å². The summed E-state index contributed by atoms with van der Waals surface area (Å²) in [6.07, 6.45) is 0. The van der Waals surface area contributed by atoms with Crippen molar-refractivity contribution in [1.29, 1.82) is 0 Å². The highest BCUT2D eigenvalue weighted by molar-refractivity contribution is 6.30. The molecule has 2 aromatic rings. The largest absolute Gasteiger partial charge is 0.484 e. The third-order valence-corrected chi connectivity index (χ3v) is 3.70. The number of hydrogen-bond donors (Lipinski definition) is 1. The van der Waals surface area contributed by atoms with Crippen molar-refractivity contribution in [1.82, 2.24) is 10.2 Å². The predicted octanol–water partition coefficient (Wildman–Crippen LogP) is 3.14. The number of ether oxygens (including phenoxy) is 1. The predicted molar refractivity (Wildman–Crippen MR) is 92.8 cm³/mol. The highest BCUT2D eigenvalue weighted by atomic mass is 35.5. The van der Waals surface area contributed by atoms with Gasteiger partial charge in [-0.1, -0.05) is 41.9 Å². The maximum atomic E-state index is 12.0. The van der Waals surface area contributed by atoms with E-state index in [0.717, 1.165) is 5.56 Å². The molecule has 2 rings (SSSR count). The van der Waals surface area contributed by atoms with Crippen molar-refractivity contribution in [2.45, 2.75) is 6.04 Å². The average Bonchev–Trinajstić information content (AvgIpc) is 2.54. The average molecular weight is 333 g/mol. The molecule has 0 fully saturated rings. The zero-order chi connectivity index (χ0) is 16.7. The summed E-state index contributed by atoms with van der Waals surface area (Å²) in [6.45, 7) is 0.490. The highest BCUT2D eigenvalue weighted by Crippen LogP contribution is 2.20. The van der Waals surface area contributed by atoms with Gasteiger partial charge >= 0.3 is 0 Å². The number of nitrogens with one attached hydrogen (secondary N) is 1. The van der Waals surface area contributed by atoms with Crippen molar-refractivity contribution in [3.05, 3.63) is 65.2 Å². The Hall–Kier alpha value is -2.04. The van der Waals surface area contributed by atoms with E-state index in [1.165, 1.54) is 0 Å². The second kappa shape index (κ2) is 8.56. The van der Waals surface area contributed by atoms with E-state index in [1.54, 1.807) is 0 Å². The summed E-state index contributed by atoms with van der Waals surface area (Å²) in [4.78, 5) is 14.0. The number of likely N-dealkylation sites (N-methyl/N-ethyl adjacent to an activating group) is 1. The van der Waals surface area contributed by atoms with Crippen LogP contribution in [0.3, 0.4) is 0 Å². The topological polar surface area (TPSA) is 41.6 Å². The summed E-state index contributed by atoms with van der Waals surface area (Å²) in [5, 5.41) is 3.59. The first-order valence-corrected chi connectivity index (χ1v) is 7.80. The van der Waals surface area contributed by atoms with Crippen LogP contribution in [0.15, 0.2) is 54.6 Å². The molecule has 2 aromatic carbocycles. The Morgan fingerprint density at radius 1 is 1.17 bits per heavy atom. The third kappa shape index (κ3) is 5.58. The van der Waals surface area contributed by atoms with E-state index in [4.69, 9.17) is 16.3 Å². The highest BCUT2D eigenvalue weighted by Gasteiger charge is 2.15. The van der Waals surface area contributed by atoms with Crippen molar-refractivity contribution in [3.8, 4) is 5.75 Å². The SMILES string of the molecule is CN(C)C(CNC(=O)COc1ccccc1)c1cccc(Cl)c1. The quantitative estimate of drug-likeness (QED) is 0.847. The summed E-state index contributed by atoms with van der Waals surface area (Å²) in [5.74, 6) is 0.532. The molecule has 0 saturated carbocycles. The molecule has 0 aliphatic carbocycles. The molecule has 0 spiro atoms. The lowest BCUT2D eigenvalue weighted by Crippen LogP contribution is -2.36. The molecule has 4 nitrogen and oxygen atoms in total. The van der Waals surface area contributed by atoms with Gasteiger partial charge in [-0.15, -0.1) is 0 Å². The van der Waals surface area contributed by atoms with Gasteiger partial charge in [0, 0.05) is 11.6 Å². The zero-order valence-electron chi connectivity index (χ0n) is 13.3. The van der Waals surface area contributed by atoms with Crippen molar-refractivity contribution in [2.75, 3.05) is 27.2 Å². The van der Waals surface area contributed by atoms with Crippen LogP contribution in [0.4, 0.5) is 0 Å². The number of carbonyl (C=O) groups is 1. The number of carbonyl (C=O) groups excluding carboxylic acids is 1. The first kappa shape index (κ1) is 17.3. The molecule has 1 unspecified atom stereocenters. The Morgan fingerprint density at radius 3 is 2.57 bits per heavy atom. The third-order valence-electron chi connectivity index (χ3n) is 3.46. The van der Waals surface area contributed by atoms with Gasteiger partial charge in [-0.25, -0.2) is 0 Å². The maximum absolute atomic E-state index is 12.0. The van der Waals surface area contributed by atoms with E-state index < -0.39 is 0 Å². The molecule has 0 heterocycles. The van der Waals surface area contributed by atoms with E-state index in [2.05, 4.69) is 5.32 Å². The number of amides is 1. The van der Waals surface area contributed by atoms with Gasteiger partial charge in [-0.2, -0.15) is 0 Å². The van der Waals surface area contributed by atoms with Gasteiger partial charge in [0.1, 0.15) is 5.75 Å². The second-order valence-electron chi connectivity index (χ2n) is 5.44. The van der Waals surface area contributed by atoms with Crippen LogP contribution in [0.5, 0.6) is 5.75 Å². The van der Waals surface area contributed by atoms with Gasteiger partial charge in [-0.05, 0) is 43.9 Å². The minimum Gasteiger partial charge on any atom is -0.484 e. The Bertz CT molecular complexity index is 632. The Morgan fingerprint density at radius 2 is 1.91 bits per heavy atom. The van der Waals surface area contributed by atoms with Crippen molar-refractivity contribution < 1.29 is 9.53 Å². The number of hydrogen-bond acceptors (Lipinski definition) is 3. The molecule has 0 saturated heterocycles. The number of para-hydroxylation sites is 1. The lowest BCUT2D eigenvalue weighted by Gasteiger charge is -2.25. The molecule has 23 heavy (non-hydrogen) atoms. The molecule has 1 N–H and O–H groups in total. The minimum absolute atomic E-state index is 0.000290. The van der Waals surface area contributed by atoms with E-state index >= 15 is 0 Å². The Kier molecular flexibility index (Phi) is 6.44. The second-order valence-corrected chi connectivity index (χ2v) is 5.88. The number of nitrogens with zero attached hydrogens (tertiary/aromatic N) is 1. The molecular formula is C18H21ClN2O2. The molecule has 1 atom stereocenters. The maximum Gasteiger partial charge on any atom is 0.258 e. The molecule has 0 bridgehead atoms. The fourth-order valence-corrected chi connectivity index (χ4v) is 2.44. The van der Waals surface area contributed by atoms with Crippen LogP contribution >= 0.6 is 11.6 Å². The smallest absolute Gasteiger partial charge is 0.258 e. The van der Waals surface area contributed by atoms with Crippen LogP contribution in [0.25, 0.3) is 0 Å². The minimum atomic E-state index is -0.150. The molecule has 0 aliphatic heterocycles. The van der Waals surface area contributed by atoms with Gasteiger partial charge in [0.15, 0.2) is 6.61 Å². The lowest BCUT2D eigenvalue weighted by atomic mass is 10.1. The summed E-state index contributed by atoms with van der Waals surface area (Å²) in [5.41, 5.74) is 1.06. The van der Waals surface area contributed by atoms with Crippen molar-refractivity contribution in [2.24, 2.45) is 0 Å². The summed E-state index contributed by atoms with van der Waals surface area (Å²) >= 11 is 6.05. The zero-order valence-corrected chi connectivity index (χ0v) is 14.1. The van der Waals surface area contributed by atoms with E-state index in [9.17, 15) is 4.79 Å². The fraction of sp³-hybridized carbons (Fsp3) is 0.278. The molecule has 0 radical (unpaired) electrons.